The summed E-state index contributed by atoms with van der Waals surface area (Å²) in [6.45, 7) is 2.07. The van der Waals surface area contributed by atoms with Gasteiger partial charge in [0.2, 0.25) is 0 Å². The van der Waals surface area contributed by atoms with E-state index in [0.29, 0.717) is 23.8 Å². The first-order valence-electron chi connectivity index (χ1n) is 7.15. The number of hydrogen-bond donors (Lipinski definition) is 1. The van der Waals surface area contributed by atoms with Crippen LogP contribution >= 0.6 is 0 Å². The van der Waals surface area contributed by atoms with Crippen LogP contribution in [0, 0.1) is 0 Å². The van der Waals surface area contributed by atoms with Crippen LogP contribution in [0.3, 0.4) is 0 Å². The highest BCUT2D eigenvalue weighted by atomic mass is 16.5. The third-order valence-corrected chi connectivity index (χ3v) is 4.70. The molecule has 0 spiro atoms. The second-order valence-corrected chi connectivity index (χ2v) is 5.78. The molecule has 20 heavy (non-hydrogen) atoms. The minimum absolute atomic E-state index is 0.447. The molecule has 1 saturated carbocycles. The molecule has 1 N–H and O–H groups in total. The molecule has 1 fully saturated rings. The monoisotopic (exact) mass is 276 g/mol. The quantitative estimate of drug-likeness (QED) is 0.922. The van der Waals surface area contributed by atoms with Crippen molar-refractivity contribution < 1.29 is 19.4 Å². The van der Waals surface area contributed by atoms with Gasteiger partial charge in [-0.15, -0.1) is 0 Å². The van der Waals surface area contributed by atoms with E-state index >= 15 is 0 Å². The Kier molecular flexibility index (Phi) is 3.21. The molecule has 1 atom stereocenters. The molecule has 1 aliphatic carbocycles. The molecule has 4 heteroatoms. The smallest absolute Gasteiger partial charge is 0.340 e. The van der Waals surface area contributed by atoms with E-state index in [2.05, 4.69) is 6.07 Å². The summed E-state index contributed by atoms with van der Waals surface area (Å²) < 4.78 is 11.0. The number of aliphatic carboxylic acids is 1. The first-order chi connectivity index (χ1) is 9.58. The molecule has 1 aromatic carbocycles. The van der Waals surface area contributed by atoms with Crippen LogP contribution in [0.15, 0.2) is 12.1 Å². The maximum atomic E-state index is 11.7. The van der Waals surface area contributed by atoms with Crippen molar-refractivity contribution in [3.63, 3.8) is 0 Å². The maximum Gasteiger partial charge on any atom is 0.340 e. The van der Waals surface area contributed by atoms with Crippen LogP contribution in [0.4, 0.5) is 0 Å². The van der Waals surface area contributed by atoms with Gasteiger partial charge in [-0.3, -0.25) is 0 Å². The highest BCUT2D eigenvalue weighted by Gasteiger charge is 2.44. The molecule has 3 rings (SSSR count). The Labute approximate surface area is 118 Å². The first kappa shape index (κ1) is 13.4. The van der Waals surface area contributed by atoms with Gasteiger partial charge in [0, 0.05) is 5.56 Å². The van der Waals surface area contributed by atoms with E-state index in [-0.39, 0.29) is 0 Å². The molecule has 1 aromatic rings. The first-order valence-corrected chi connectivity index (χ1v) is 7.15. The molecule has 0 amide bonds. The molecule has 108 valence electrons. The van der Waals surface area contributed by atoms with Crippen molar-refractivity contribution in [3.05, 3.63) is 28.8 Å². The van der Waals surface area contributed by atoms with Crippen LogP contribution in [-0.2, 0) is 21.6 Å². The molecule has 1 heterocycles. The molecule has 0 bridgehead atoms. The number of ether oxygens (including phenoxy) is 2. The second kappa shape index (κ2) is 4.77. The van der Waals surface area contributed by atoms with Gasteiger partial charge in [-0.05, 0) is 49.3 Å². The standard InChI is InChI=1S/C16H20O4/c1-16(15(17)18)14-12(8-9-20-16)11(10-4-3-5-10)6-7-13(14)19-2/h6-7,10H,3-5,8-9H2,1-2H3,(H,17,18)/t16-/m0/s1. The Hall–Kier alpha value is -1.55. The predicted octanol–water partition coefficient (Wildman–Crippen LogP) is 2.84. The van der Waals surface area contributed by atoms with Gasteiger partial charge in [0.15, 0.2) is 5.60 Å². The molecule has 2 aliphatic rings. The summed E-state index contributed by atoms with van der Waals surface area (Å²) in [5.41, 5.74) is 1.83. The minimum atomic E-state index is -1.31. The largest absolute Gasteiger partial charge is 0.496 e. The SMILES string of the molecule is COc1ccc(C2CCC2)c2c1[C@@](C)(C(=O)O)OCC2. The van der Waals surface area contributed by atoms with E-state index < -0.39 is 11.6 Å². The third kappa shape index (κ3) is 1.82. The van der Waals surface area contributed by atoms with Gasteiger partial charge in [-0.2, -0.15) is 0 Å². The van der Waals surface area contributed by atoms with E-state index in [9.17, 15) is 9.90 Å². The fourth-order valence-electron chi connectivity index (χ4n) is 3.30. The van der Waals surface area contributed by atoms with E-state index in [1.54, 1.807) is 14.0 Å². The van der Waals surface area contributed by atoms with Gasteiger partial charge in [0.25, 0.3) is 0 Å². The van der Waals surface area contributed by atoms with Crippen molar-refractivity contribution in [2.75, 3.05) is 13.7 Å². The molecule has 0 saturated heterocycles. The van der Waals surface area contributed by atoms with Crippen LogP contribution < -0.4 is 4.74 Å². The van der Waals surface area contributed by atoms with Gasteiger partial charge in [-0.25, -0.2) is 4.79 Å². The molecule has 1 aliphatic heterocycles. The minimum Gasteiger partial charge on any atom is -0.496 e. The van der Waals surface area contributed by atoms with Crippen molar-refractivity contribution in [2.45, 2.75) is 44.1 Å². The number of hydrogen-bond acceptors (Lipinski definition) is 3. The van der Waals surface area contributed by atoms with Crippen LogP contribution in [0.2, 0.25) is 0 Å². The van der Waals surface area contributed by atoms with E-state index in [1.807, 2.05) is 6.07 Å². The maximum absolute atomic E-state index is 11.7. The molecule has 0 aromatic heterocycles. The van der Waals surface area contributed by atoms with E-state index in [4.69, 9.17) is 9.47 Å². The summed E-state index contributed by atoms with van der Waals surface area (Å²) in [6, 6.07) is 4.00. The number of rotatable bonds is 3. The van der Waals surface area contributed by atoms with E-state index in [1.165, 1.54) is 24.8 Å². The van der Waals surface area contributed by atoms with E-state index in [0.717, 1.165) is 12.0 Å². The Morgan fingerprint density at radius 3 is 2.75 bits per heavy atom. The third-order valence-electron chi connectivity index (χ3n) is 4.70. The highest BCUT2D eigenvalue weighted by molar-refractivity contribution is 5.81. The van der Waals surface area contributed by atoms with Crippen molar-refractivity contribution in [1.29, 1.82) is 0 Å². The van der Waals surface area contributed by atoms with Crippen LogP contribution in [0.25, 0.3) is 0 Å². The van der Waals surface area contributed by atoms with Crippen molar-refractivity contribution in [2.24, 2.45) is 0 Å². The summed E-state index contributed by atoms with van der Waals surface area (Å²) >= 11 is 0. The zero-order valence-corrected chi connectivity index (χ0v) is 11.9. The lowest BCUT2D eigenvalue weighted by Gasteiger charge is -2.37. The van der Waals surface area contributed by atoms with Crippen molar-refractivity contribution >= 4 is 5.97 Å². The molecular formula is C16H20O4. The zero-order chi connectivity index (χ0) is 14.3. The number of benzene rings is 1. The average molecular weight is 276 g/mol. The summed E-state index contributed by atoms with van der Waals surface area (Å²) in [4.78, 5) is 11.7. The summed E-state index contributed by atoms with van der Waals surface area (Å²) in [7, 11) is 1.58. The lowest BCUT2D eigenvalue weighted by Crippen LogP contribution is -2.41. The van der Waals surface area contributed by atoms with Gasteiger partial charge in [0.05, 0.1) is 13.7 Å². The van der Waals surface area contributed by atoms with Gasteiger partial charge in [0.1, 0.15) is 5.75 Å². The lowest BCUT2D eigenvalue weighted by molar-refractivity contribution is -0.167. The number of carboxylic acids is 1. The Morgan fingerprint density at radius 2 is 2.20 bits per heavy atom. The van der Waals surface area contributed by atoms with Crippen LogP contribution in [0.1, 0.15) is 48.8 Å². The van der Waals surface area contributed by atoms with Crippen molar-refractivity contribution in [1.82, 2.24) is 0 Å². The number of carboxylic acid groups (broad SMARTS) is 1. The zero-order valence-electron chi connectivity index (χ0n) is 11.9. The van der Waals surface area contributed by atoms with Crippen LogP contribution in [0.5, 0.6) is 5.75 Å². The lowest BCUT2D eigenvalue weighted by atomic mass is 9.74. The Morgan fingerprint density at radius 1 is 1.45 bits per heavy atom. The summed E-state index contributed by atoms with van der Waals surface area (Å²) in [6.07, 6.45) is 4.42. The summed E-state index contributed by atoms with van der Waals surface area (Å²) in [5, 5.41) is 9.58. The second-order valence-electron chi connectivity index (χ2n) is 5.78. The Balaban J connectivity index is 2.19. The number of methoxy groups -OCH3 is 1. The predicted molar refractivity (Wildman–Crippen MR) is 74.2 cm³/mol. The summed E-state index contributed by atoms with van der Waals surface area (Å²) in [5.74, 6) is 0.237. The molecule has 4 nitrogen and oxygen atoms in total. The number of fused-ring (bicyclic) bond motifs is 1. The average Bonchev–Trinajstić information content (AvgIpc) is 2.37. The fraction of sp³-hybridized carbons (Fsp3) is 0.562. The molecular weight excluding hydrogens is 256 g/mol. The van der Waals surface area contributed by atoms with Gasteiger partial charge >= 0.3 is 5.97 Å². The van der Waals surface area contributed by atoms with Gasteiger partial charge in [-0.1, -0.05) is 12.5 Å². The molecule has 0 unspecified atom stereocenters. The molecule has 0 radical (unpaired) electrons. The van der Waals surface area contributed by atoms with Crippen LogP contribution in [-0.4, -0.2) is 24.8 Å². The fourth-order valence-corrected chi connectivity index (χ4v) is 3.30. The topological polar surface area (TPSA) is 55.8 Å². The highest BCUT2D eigenvalue weighted by Crippen LogP contribution is 2.46. The normalized spacial score (nSPS) is 25.7. The van der Waals surface area contributed by atoms with Gasteiger partial charge < -0.3 is 14.6 Å². The Bertz CT molecular complexity index is 548. The van der Waals surface area contributed by atoms with Crippen molar-refractivity contribution in [3.8, 4) is 5.75 Å². The number of carbonyl (C=O) groups is 1.